The van der Waals surface area contributed by atoms with E-state index in [1.807, 2.05) is 36.9 Å². The molecule has 7 heteroatoms. The normalized spacial score (nSPS) is 24.4. The minimum Gasteiger partial charge on any atom is -0.306 e. The van der Waals surface area contributed by atoms with Crippen LogP contribution in [0.4, 0.5) is 10.1 Å². The van der Waals surface area contributed by atoms with Crippen LogP contribution in [0.25, 0.3) is 0 Å². The Kier molecular flexibility index (Phi) is 4.75. The number of carbonyl (C=O) groups is 1. The molecule has 0 aromatic heterocycles. The Morgan fingerprint density at radius 3 is 2.25 bits per heavy atom. The predicted molar refractivity (Wildman–Crippen MR) is 106 cm³/mol. The van der Waals surface area contributed by atoms with Crippen LogP contribution in [-0.2, 0) is 21.2 Å². The second-order valence-electron chi connectivity index (χ2n) is 7.85. The van der Waals surface area contributed by atoms with Gasteiger partial charge < -0.3 is 4.90 Å². The van der Waals surface area contributed by atoms with Gasteiger partial charge in [0.1, 0.15) is 5.82 Å². The number of hydrogen-bond donors (Lipinski definition) is 0. The number of carbonyl (C=O) groups excluding carboxylic acids is 1. The minimum atomic E-state index is -3.24. The fourth-order valence-electron chi connectivity index (χ4n) is 4.38. The van der Waals surface area contributed by atoms with E-state index in [9.17, 15) is 17.6 Å². The summed E-state index contributed by atoms with van der Waals surface area (Å²) in [6.07, 6.45) is 0. The average Bonchev–Trinajstić information content (AvgIpc) is 2.91. The SMILES string of the molecule is Cc1cc(C)cc(N2C(=O)CN(Cc3ccc(F)cc3)C3CS(=O)(=O)CC32)c1. The lowest BCUT2D eigenvalue weighted by Crippen LogP contribution is -2.61. The summed E-state index contributed by atoms with van der Waals surface area (Å²) < 4.78 is 38.1. The molecule has 28 heavy (non-hydrogen) atoms. The van der Waals surface area contributed by atoms with Gasteiger partial charge in [-0.05, 0) is 54.8 Å². The lowest BCUT2D eigenvalue weighted by atomic mass is 10.0. The van der Waals surface area contributed by atoms with Gasteiger partial charge in [-0.2, -0.15) is 0 Å². The van der Waals surface area contributed by atoms with Crippen molar-refractivity contribution in [3.63, 3.8) is 0 Å². The van der Waals surface area contributed by atoms with Gasteiger partial charge in [0, 0.05) is 18.3 Å². The van der Waals surface area contributed by atoms with Crippen molar-refractivity contribution < 1.29 is 17.6 Å². The van der Waals surface area contributed by atoms with Crippen LogP contribution >= 0.6 is 0 Å². The zero-order valence-corrected chi connectivity index (χ0v) is 16.7. The monoisotopic (exact) mass is 402 g/mol. The van der Waals surface area contributed by atoms with Crippen LogP contribution in [-0.4, -0.2) is 49.4 Å². The third-order valence-electron chi connectivity index (χ3n) is 5.48. The number of fused-ring (bicyclic) bond motifs is 1. The Morgan fingerprint density at radius 2 is 1.61 bits per heavy atom. The fourth-order valence-corrected chi connectivity index (χ4v) is 6.36. The van der Waals surface area contributed by atoms with Crippen molar-refractivity contribution in [2.45, 2.75) is 32.5 Å². The number of rotatable bonds is 3. The third-order valence-corrected chi connectivity index (χ3v) is 7.18. The van der Waals surface area contributed by atoms with Gasteiger partial charge in [0.2, 0.25) is 5.91 Å². The van der Waals surface area contributed by atoms with Gasteiger partial charge in [-0.3, -0.25) is 9.69 Å². The Hall–Kier alpha value is -2.25. The van der Waals surface area contributed by atoms with Gasteiger partial charge in [0.25, 0.3) is 0 Å². The van der Waals surface area contributed by atoms with E-state index in [1.165, 1.54) is 12.1 Å². The molecule has 2 heterocycles. The summed E-state index contributed by atoms with van der Waals surface area (Å²) in [5.41, 5.74) is 3.69. The first-order chi connectivity index (χ1) is 13.2. The Balaban J connectivity index is 1.68. The Bertz CT molecular complexity index is 1000. The molecule has 5 nitrogen and oxygen atoms in total. The largest absolute Gasteiger partial charge is 0.306 e. The van der Waals surface area contributed by atoms with Gasteiger partial charge in [-0.25, -0.2) is 12.8 Å². The van der Waals surface area contributed by atoms with Crippen LogP contribution in [0.15, 0.2) is 42.5 Å². The van der Waals surface area contributed by atoms with E-state index in [-0.39, 0.29) is 35.8 Å². The zero-order chi connectivity index (χ0) is 20.1. The van der Waals surface area contributed by atoms with Crippen molar-refractivity contribution in [2.75, 3.05) is 23.0 Å². The molecular formula is C21H23FN2O3S. The summed E-state index contributed by atoms with van der Waals surface area (Å²) >= 11 is 0. The Morgan fingerprint density at radius 1 is 1.00 bits per heavy atom. The first-order valence-electron chi connectivity index (χ1n) is 9.31. The number of halogens is 1. The highest BCUT2D eigenvalue weighted by molar-refractivity contribution is 7.91. The van der Waals surface area contributed by atoms with Crippen LogP contribution in [0.1, 0.15) is 16.7 Å². The van der Waals surface area contributed by atoms with Crippen molar-refractivity contribution in [3.8, 4) is 0 Å². The number of nitrogens with zero attached hydrogens (tertiary/aromatic N) is 2. The maximum absolute atomic E-state index is 13.2. The fraction of sp³-hybridized carbons (Fsp3) is 0.381. The molecule has 2 unspecified atom stereocenters. The molecule has 148 valence electrons. The molecule has 0 aliphatic carbocycles. The highest BCUT2D eigenvalue weighted by atomic mass is 32.2. The topological polar surface area (TPSA) is 57.7 Å². The Labute approximate surface area is 164 Å². The van der Waals surface area contributed by atoms with E-state index in [0.29, 0.717) is 6.54 Å². The van der Waals surface area contributed by atoms with Crippen LogP contribution in [0.2, 0.25) is 0 Å². The molecule has 4 rings (SSSR count). The van der Waals surface area contributed by atoms with Crippen molar-refractivity contribution in [1.82, 2.24) is 4.90 Å². The standard InChI is InChI=1S/C21H23FN2O3S/c1-14-7-15(2)9-18(8-14)24-20-13-28(26,27)12-19(20)23(11-21(24)25)10-16-3-5-17(22)6-4-16/h3-9,19-20H,10-13H2,1-2H3. The molecule has 2 aromatic carbocycles. The van der Waals surface area contributed by atoms with E-state index in [2.05, 4.69) is 0 Å². The number of amides is 1. The number of sulfone groups is 1. The van der Waals surface area contributed by atoms with E-state index >= 15 is 0 Å². The van der Waals surface area contributed by atoms with Crippen molar-refractivity contribution in [3.05, 3.63) is 65.0 Å². The molecule has 2 fully saturated rings. The maximum atomic E-state index is 13.2. The lowest BCUT2D eigenvalue weighted by Gasteiger charge is -2.43. The molecule has 1 amide bonds. The number of aryl methyl sites for hydroxylation is 2. The summed E-state index contributed by atoms with van der Waals surface area (Å²) in [7, 11) is -3.24. The molecule has 0 saturated carbocycles. The van der Waals surface area contributed by atoms with Gasteiger partial charge in [0.15, 0.2) is 9.84 Å². The molecule has 0 radical (unpaired) electrons. The van der Waals surface area contributed by atoms with E-state index < -0.39 is 15.9 Å². The molecule has 0 N–H and O–H groups in total. The second kappa shape index (κ2) is 6.97. The summed E-state index contributed by atoms with van der Waals surface area (Å²) in [6.45, 7) is 4.49. The first kappa shape index (κ1) is 19.1. The molecule has 2 saturated heterocycles. The summed E-state index contributed by atoms with van der Waals surface area (Å²) in [5.74, 6) is -0.421. The summed E-state index contributed by atoms with van der Waals surface area (Å²) in [6, 6.07) is 11.3. The van der Waals surface area contributed by atoms with Crippen LogP contribution in [0, 0.1) is 19.7 Å². The molecular weight excluding hydrogens is 379 g/mol. The number of piperazine rings is 1. The molecule has 2 aliphatic rings. The maximum Gasteiger partial charge on any atom is 0.241 e. The lowest BCUT2D eigenvalue weighted by molar-refractivity contribution is -0.123. The quantitative estimate of drug-likeness (QED) is 0.791. The molecule has 2 atom stereocenters. The number of anilines is 1. The van der Waals surface area contributed by atoms with Gasteiger partial charge in [-0.15, -0.1) is 0 Å². The number of hydrogen-bond acceptors (Lipinski definition) is 4. The third kappa shape index (κ3) is 3.69. The molecule has 0 spiro atoms. The van der Waals surface area contributed by atoms with E-state index in [0.717, 1.165) is 22.4 Å². The highest BCUT2D eigenvalue weighted by Crippen LogP contribution is 2.33. The van der Waals surface area contributed by atoms with Gasteiger partial charge in [-0.1, -0.05) is 18.2 Å². The minimum absolute atomic E-state index is 0.0314. The first-order valence-corrected chi connectivity index (χ1v) is 11.1. The predicted octanol–water partition coefficient (Wildman–Crippen LogP) is 2.46. The van der Waals surface area contributed by atoms with Crippen LogP contribution < -0.4 is 4.90 Å². The summed E-state index contributed by atoms with van der Waals surface area (Å²) in [5, 5.41) is 0. The molecule has 0 bridgehead atoms. The summed E-state index contributed by atoms with van der Waals surface area (Å²) in [4.78, 5) is 16.7. The van der Waals surface area contributed by atoms with Crippen molar-refractivity contribution in [2.24, 2.45) is 0 Å². The van der Waals surface area contributed by atoms with Crippen molar-refractivity contribution in [1.29, 1.82) is 0 Å². The van der Waals surface area contributed by atoms with Crippen LogP contribution in [0.5, 0.6) is 0 Å². The van der Waals surface area contributed by atoms with Crippen LogP contribution in [0.3, 0.4) is 0 Å². The second-order valence-corrected chi connectivity index (χ2v) is 10.0. The van der Waals surface area contributed by atoms with Crippen molar-refractivity contribution >= 4 is 21.4 Å². The highest BCUT2D eigenvalue weighted by Gasteiger charge is 2.49. The molecule has 2 aliphatic heterocycles. The van der Waals surface area contributed by atoms with E-state index in [4.69, 9.17) is 0 Å². The van der Waals surface area contributed by atoms with Gasteiger partial charge >= 0.3 is 0 Å². The van der Waals surface area contributed by atoms with E-state index in [1.54, 1.807) is 17.0 Å². The zero-order valence-electron chi connectivity index (χ0n) is 15.9. The van der Waals surface area contributed by atoms with Gasteiger partial charge in [0.05, 0.1) is 24.1 Å². The molecule has 2 aromatic rings. The average molecular weight is 402 g/mol. The number of benzene rings is 2. The smallest absolute Gasteiger partial charge is 0.241 e.